The standard InChI is InChI=1S/C11H12N2O2.C6H14N4O2.C6H13NO2.C5H9NO2.2C4H9NO3/c12-9(11(14)15)5-7-6-13-10-4-2-1-3-8(7)10;7-4(5(11)12)2-1-3-10-6(8)9;1-3-4(2)5(7)6(8)9;7-5(8)4-2-1-3-6-4;2*1-2(6)3(5)4(7)8/h1-4,6,9,13H,5,12H2,(H,14,15);4H,1-3,7H2,(H,11,12)(H4,8,9,10);4-5H,3,7H2,1-2H3,(H,8,9);4,6H,1-3H2,(H,7,8);2*2-3,6H,5H2,1H3,(H,7,8)/t;;;4-;;/m...0../s1. The van der Waals surface area contributed by atoms with Crippen molar-refractivity contribution in [2.75, 3.05) is 13.1 Å². The van der Waals surface area contributed by atoms with Gasteiger partial charge in [0.1, 0.15) is 36.3 Å². The SMILES string of the molecule is CC(O)C(N)C(=O)O.CC(O)C(N)C(=O)O.CCC(C)C(N)C(=O)O.NC(Cc1c[nH]c2ccccc12)C(=O)O.NC(N)=NCCCC(N)C(=O)O.O=C(O)[C@@H]1CCCN1. The minimum absolute atomic E-state index is 0.0129. The summed E-state index contributed by atoms with van der Waals surface area (Å²) < 4.78 is 0. The normalized spacial score (nSPS) is 16.6. The molecule has 2 aromatic rings. The number of hydrogen-bond acceptors (Lipinski definition) is 15. The highest BCUT2D eigenvalue weighted by Crippen LogP contribution is 2.18. The number of hydrogen-bond donors (Lipinski definition) is 17. The number of H-pyrrole nitrogens is 1. The Kier molecular flexibility index (Phi) is 31.8. The number of aliphatic hydroxyl groups is 2. The van der Waals surface area contributed by atoms with E-state index in [0.29, 0.717) is 25.8 Å². The maximum absolute atomic E-state index is 10.6. The molecule has 0 aliphatic carbocycles. The van der Waals surface area contributed by atoms with Gasteiger partial charge in [-0.15, -0.1) is 0 Å². The van der Waals surface area contributed by atoms with Gasteiger partial charge in [-0.3, -0.25) is 33.8 Å². The van der Waals surface area contributed by atoms with E-state index in [2.05, 4.69) is 15.3 Å². The number of aliphatic imine (C=N–C) groups is 1. The van der Waals surface area contributed by atoms with Crippen molar-refractivity contribution in [3.63, 3.8) is 0 Å². The zero-order valence-electron chi connectivity index (χ0n) is 34.3. The first kappa shape index (κ1) is 58.8. The molecule has 0 bridgehead atoms. The van der Waals surface area contributed by atoms with E-state index in [1.54, 1.807) is 0 Å². The van der Waals surface area contributed by atoms with Crippen molar-refractivity contribution in [1.82, 2.24) is 10.3 Å². The second kappa shape index (κ2) is 32.4. The van der Waals surface area contributed by atoms with Crippen molar-refractivity contribution in [2.45, 2.75) is 115 Å². The number of carbonyl (C=O) groups is 6. The van der Waals surface area contributed by atoms with E-state index in [0.717, 1.165) is 42.3 Å². The molecule has 2 heterocycles. The second-order valence-corrected chi connectivity index (χ2v) is 13.3. The van der Waals surface area contributed by atoms with Gasteiger partial charge >= 0.3 is 35.8 Å². The van der Waals surface area contributed by atoms with Crippen molar-refractivity contribution >= 4 is 52.7 Å². The number of para-hydroxylation sites is 1. The highest BCUT2D eigenvalue weighted by molar-refractivity contribution is 5.84. The predicted molar refractivity (Wildman–Crippen MR) is 221 cm³/mol. The Labute approximate surface area is 347 Å². The third-order valence-corrected chi connectivity index (χ3v) is 8.23. The van der Waals surface area contributed by atoms with E-state index in [9.17, 15) is 28.8 Å². The summed E-state index contributed by atoms with van der Waals surface area (Å²) in [5.74, 6) is -5.88. The first-order valence-corrected chi connectivity index (χ1v) is 18.6. The zero-order valence-corrected chi connectivity index (χ0v) is 34.3. The molecule has 1 aliphatic heterocycles. The molecular formula is C36H66N10O14. The smallest absolute Gasteiger partial charge is 0.323 e. The fraction of sp³-hybridized carbons (Fsp3) is 0.583. The van der Waals surface area contributed by atoms with Crippen molar-refractivity contribution < 1.29 is 69.6 Å². The summed E-state index contributed by atoms with van der Waals surface area (Å²) in [7, 11) is 0. The number of benzene rings is 1. The molecule has 24 heteroatoms. The van der Waals surface area contributed by atoms with Crippen LogP contribution < -0.4 is 45.5 Å². The van der Waals surface area contributed by atoms with Crippen LogP contribution in [0.1, 0.15) is 65.4 Å². The third kappa shape index (κ3) is 28.0. The second-order valence-electron chi connectivity index (χ2n) is 13.3. The Morgan fingerprint density at radius 1 is 0.750 bits per heavy atom. The minimum atomic E-state index is -1.18. The number of aliphatic carboxylic acids is 6. The maximum atomic E-state index is 10.6. The molecule has 8 unspecified atom stereocenters. The molecule has 1 aliphatic rings. The van der Waals surface area contributed by atoms with Gasteiger partial charge in [-0.2, -0.15) is 0 Å². The summed E-state index contributed by atoms with van der Waals surface area (Å²) in [5, 5.41) is 70.8. The van der Waals surface area contributed by atoms with Gasteiger partial charge < -0.3 is 91.3 Å². The summed E-state index contributed by atoms with van der Waals surface area (Å²) in [5.41, 5.74) is 37.8. The monoisotopic (exact) mass is 862 g/mol. The molecule has 0 radical (unpaired) electrons. The molecule has 0 saturated carbocycles. The molecule has 0 spiro atoms. The molecule has 1 aromatic carbocycles. The number of carboxylic acids is 6. The van der Waals surface area contributed by atoms with Crippen molar-refractivity contribution in [2.24, 2.45) is 51.0 Å². The number of aromatic nitrogens is 1. The fourth-order valence-corrected chi connectivity index (χ4v) is 4.07. The van der Waals surface area contributed by atoms with Crippen molar-refractivity contribution in [3.8, 4) is 0 Å². The highest BCUT2D eigenvalue weighted by atomic mass is 16.4. The number of aliphatic hydroxyl groups excluding tert-OH is 2. The van der Waals surface area contributed by atoms with E-state index in [1.807, 2.05) is 44.3 Å². The number of nitrogens with two attached hydrogens (primary N) is 7. The lowest BCUT2D eigenvalue weighted by molar-refractivity contribution is -0.141. The summed E-state index contributed by atoms with van der Waals surface area (Å²) in [4.78, 5) is 67.6. The molecule has 344 valence electrons. The topological polar surface area (TPSA) is 487 Å². The Bertz CT molecular complexity index is 1560. The lowest BCUT2D eigenvalue weighted by atomic mass is 10.0. The number of fused-ring (bicyclic) bond motifs is 1. The Morgan fingerprint density at radius 3 is 1.55 bits per heavy atom. The lowest BCUT2D eigenvalue weighted by Gasteiger charge is -2.11. The molecule has 0 amide bonds. The summed E-state index contributed by atoms with van der Waals surface area (Å²) >= 11 is 0. The van der Waals surface area contributed by atoms with Gasteiger partial charge in [0.25, 0.3) is 0 Å². The van der Waals surface area contributed by atoms with Crippen LogP contribution in [0, 0.1) is 5.92 Å². The molecule has 3 rings (SSSR count). The van der Waals surface area contributed by atoms with Gasteiger partial charge in [0, 0.05) is 30.1 Å². The largest absolute Gasteiger partial charge is 0.480 e. The minimum Gasteiger partial charge on any atom is -0.480 e. The van der Waals surface area contributed by atoms with Gasteiger partial charge in [-0.05, 0) is 63.6 Å². The van der Waals surface area contributed by atoms with Crippen LogP contribution in [0.15, 0.2) is 35.5 Å². The summed E-state index contributed by atoms with van der Waals surface area (Å²) in [6, 6.07) is 2.81. The van der Waals surface area contributed by atoms with E-state index in [1.165, 1.54) is 13.8 Å². The first-order chi connectivity index (χ1) is 27.7. The molecule has 24 N–H and O–H groups in total. The fourth-order valence-electron chi connectivity index (χ4n) is 4.07. The van der Waals surface area contributed by atoms with E-state index in [-0.39, 0.29) is 17.9 Å². The predicted octanol–water partition coefficient (Wildman–Crippen LogP) is -2.60. The average Bonchev–Trinajstić information content (AvgIpc) is 3.87. The van der Waals surface area contributed by atoms with Gasteiger partial charge in [0.05, 0.1) is 12.2 Å². The quantitative estimate of drug-likeness (QED) is 0.0467. The van der Waals surface area contributed by atoms with Crippen molar-refractivity contribution in [1.29, 1.82) is 0 Å². The molecule has 1 saturated heterocycles. The van der Waals surface area contributed by atoms with Crippen LogP contribution in [0.5, 0.6) is 0 Å². The number of aromatic amines is 1. The highest BCUT2D eigenvalue weighted by Gasteiger charge is 2.21. The number of nitrogens with zero attached hydrogens (tertiary/aromatic N) is 1. The molecular weight excluding hydrogens is 796 g/mol. The Balaban J connectivity index is -0.000000664. The zero-order chi connectivity index (χ0) is 47.3. The van der Waals surface area contributed by atoms with Gasteiger partial charge in [0.2, 0.25) is 0 Å². The maximum Gasteiger partial charge on any atom is 0.323 e. The molecule has 1 aromatic heterocycles. The number of guanidine groups is 1. The van der Waals surface area contributed by atoms with Crippen LogP contribution in [-0.2, 0) is 35.2 Å². The van der Waals surface area contributed by atoms with Crippen LogP contribution in [0.3, 0.4) is 0 Å². The average molecular weight is 863 g/mol. The number of nitrogens with one attached hydrogen (secondary N) is 2. The number of rotatable bonds is 16. The van der Waals surface area contributed by atoms with E-state index >= 15 is 0 Å². The first-order valence-electron chi connectivity index (χ1n) is 18.6. The van der Waals surface area contributed by atoms with Gasteiger partial charge in [-0.25, -0.2) is 0 Å². The van der Waals surface area contributed by atoms with Crippen molar-refractivity contribution in [3.05, 3.63) is 36.0 Å². The Hall–Kier alpha value is -5.47. The van der Waals surface area contributed by atoms with Crippen LogP contribution in [0.25, 0.3) is 10.9 Å². The molecule has 9 atom stereocenters. The van der Waals surface area contributed by atoms with Crippen LogP contribution in [0.2, 0.25) is 0 Å². The third-order valence-electron chi connectivity index (χ3n) is 8.23. The molecule has 60 heavy (non-hydrogen) atoms. The summed E-state index contributed by atoms with van der Waals surface area (Å²) in [6.45, 7) is 7.70. The molecule has 24 nitrogen and oxygen atoms in total. The van der Waals surface area contributed by atoms with Gasteiger partial charge in [-0.1, -0.05) is 38.5 Å². The number of carboxylic acid groups (broad SMARTS) is 6. The summed E-state index contributed by atoms with van der Waals surface area (Å²) in [6.07, 6.45) is 3.75. The van der Waals surface area contributed by atoms with Crippen LogP contribution in [0.4, 0.5) is 0 Å². The van der Waals surface area contributed by atoms with E-state index < -0.39 is 78.2 Å². The lowest BCUT2D eigenvalue weighted by Crippen LogP contribution is -2.39. The van der Waals surface area contributed by atoms with E-state index in [4.69, 9.17) is 81.0 Å². The van der Waals surface area contributed by atoms with Crippen LogP contribution in [-0.4, -0.2) is 149 Å². The van der Waals surface area contributed by atoms with Gasteiger partial charge in [0.15, 0.2) is 5.96 Å². The Morgan fingerprint density at radius 2 is 1.23 bits per heavy atom. The molecule has 1 fully saturated rings. The van der Waals surface area contributed by atoms with Crippen LogP contribution >= 0.6 is 0 Å².